The highest BCUT2D eigenvalue weighted by Gasteiger charge is 2.22. The minimum absolute atomic E-state index is 0.667. The van der Waals surface area contributed by atoms with E-state index >= 15 is 0 Å². The van der Waals surface area contributed by atoms with Crippen LogP contribution in [0.1, 0.15) is 11.1 Å². The highest BCUT2D eigenvalue weighted by molar-refractivity contribution is 5.86. The van der Waals surface area contributed by atoms with Gasteiger partial charge >= 0.3 is 0 Å². The van der Waals surface area contributed by atoms with E-state index < -0.39 is 0 Å². The maximum Gasteiger partial charge on any atom is 0.127 e. The van der Waals surface area contributed by atoms with Gasteiger partial charge in [-0.15, -0.1) is 0 Å². The zero-order chi connectivity index (χ0) is 10.8. The zero-order valence-electron chi connectivity index (χ0n) is 8.70. The van der Waals surface area contributed by atoms with E-state index in [1.165, 1.54) is 0 Å². The Balaban J connectivity index is 2.64. The molecule has 0 spiro atoms. The first-order valence-corrected chi connectivity index (χ1v) is 4.66. The van der Waals surface area contributed by atoms with E-state index in [0.29, 0.717) is 5.57 Å². The lowest BCUT2D eigenvalue weighted by Crippen LogP contribution is -1.95. The van der Waals surface area contributed by atoms with E-state index in [-0.39, 0.29) is 0 Å². The summed E-state index contributed by atoms with van der Waals surface area (Å²) in [7, 11) is 3.24. The van der Waals surface area contributed by atoms with Gasteiger partial charge in [0, 0.05) is 11.1 Å². The third kappa shape index (κ3) is 1.35. The Morgan fingerprint density at radius 1 is 1.20 bits per heavy atom. The molecule has 0 aliphatic heterocycles. The second-order valence-electron chi connectivity index (χ2n) is 3.26. The Morgan fingerprint density at radius 2 is 1.87 bits per heavy atom. The molecule has 3 nitrogen and oxygen atoms in total. The SMILES string of the molecule is COc1ccc(OC)c2c1CC=C2C#N. The lowest BCUT2D eigenvalue weighted by molar-refractivity contribution is 0.399. The molecule has 76 valence electrons. The molecule has 0 aromatic heterocycles. The highest BCUT2D eigenvalue weighted by Crippen LogP contribution is 2.39. The Morgan fingerprint density at radius 3 is 2.47 bits per heavy atom. The van der Waals surface area contributed by atoms with Gasteiger partial charge in [0.05, 0.1) is 25.9 Å². The van der Waals surface area contributed by atoms with Crippen molar-refractivity contribution in [3.8, 4) is 17.6 Å². The van der Waals surface area contributed by atoms with E-state index in [9.17, 15) is 0 Å². The van der Waals surface area contributed by atoms with Crippen LogP contribution < -0.4 is 9.47 Å². The maximum atomic E-state index is 8.98. The molecule has 0 amide bonds. The van der Waals surface area contributed by atoms with Gasteiger partial charge in [-0.3, -0.25) is 0 Å². The van der Waals surface area contributed by atoms with Crippen LogP contribution in [0.3, 0.4) is 0 Å². The fourth-order valence-corrected chi connectivity index (χ4v) is 1.87. The lowest BCUT2D eigenvalue weighted by Gasteiger charge is -2.11. The standard InChI is InChI=1S/C12H11NO2/c1-14-10-5-6-11(15-2)12-8(7-13)3-4-9(10)12/h3,5-6H,4H2,1-2H3. The minimum atomic E-state index is 0.667. The van der Waals surface area contributed by atoms with Crippen molar-refractivity contribution in [3.63, 3.8) is 0 Å². The van der Waals surface area contributed by atoms with Crippen molar-refractivity contribution >= 4 is 5.57 Å². The van der Waals surface area contributed by atoms with Gasteiger partial charge in [0.2, 0.25) is 0 Å². The minimum Gasteiger partial charge on any atom is -0.496 e. The molecule has 1 aliphatic carbocycles. The number of ether oxygens (including phenoxy) is 2. The summed E-state index contributed by atoms with van der Waals surface area (Å²) >= 11 is 0. The summed E-state index contributed by atoms with van der Waals surface area (Å²) in [5, 5.41) is 8.98. The van der Waals surface area contributed by atoms with Gasteiger partial charge in [-0.25, -0.2) is 0 Å². The van der Waals surface area contributed by atoms with Gasteiger partial charge < -0.3 is 9.47 Å². The van der Waals surface area contributed by atoms with Crippen molar-refractivity contribution in [3.05, 3.63) is 29.3 Å². The van der Waals surface area contributed by atoms with Crippen molar-refractivity contribution in [2.24, 2.45) is 0 Å². The summed E-state index contributed by atoms with van der Waals surface area (Å²) in [6.45, 7) is 0. The number of rotatable bonds is 2. The molecule has 3 heteroatoms. The van der Waals surface area contributed by atoms with E-state index in [1.807, 2.05) is 18.2 Å². The fraction of sp³-hybridized carbons (Fsp3) is 0.250. The number of allylic oxidation sites excluding steroid dienone is 2. The number of nitriles is 1. The summed E-state index contributed by atoms with van der Waals surface area (Å²) in [5.41, 5.74) is 2.58. The van der Waals surface area contributed by atoms with Crippen LogP contribution in [-0.2, 0) is 6.42 Å². The van der Waals surface area contributed by atoms with E-state index in [0.717, 1.165) is 29.0 Å². The first-order valence-electron chi connectivity index (χ1n) is 4.66. The Bertz CT molecular complexity index is 469. The average molecular weight is 201 g/mol. The predicted octanol–water partition coefficient (Wildman–Crippen LogP) is 2.17. The largest absolute Gasteiger partial charge is 0.496 e. The summed E-state index contributed by atoms with van der Waals surface area (Å²) in [4.78, 5) is 0. The van der Waals surface area contributed by atoms with Crippen molar-refractivity contribution in [2.75, 3.05) is 14.2 Å². The van der Waals surface area contributed by atoms with Crippen molar-refractivity contribution in [1.82, 2.24) is 0 Å². The van der Waals surface area contributed by atoms with E-state index in [1.54, 1.807) is 14.2 Å². The molecule has 1 aromatic rings. The van der Waals surface area contributed by atoms with Crippen LogP contribution >= 0.6 is 0 Å². The number of hydrogen-bond donors (Lipinski definition) is 0. The molecule has 0 unspecified atom stereocenters. The van der Waals surface area contributed by atoms with Gasteiger partial charge in [0.25, 0.3) is 0 Å². The second-order valence-corrected chi connectivity index (χ2v) is 3.26. The van der Waals surface area contributed by atoms with Gasteiger partial charge in [0.15, 0.2) is 0 Å². The molecule has 0 N–H and O–H groups in total. The van der Waals surface area contributed by atoms with E-state index in [2.05, 4.69) is 6.07 Å². The maximum absolute atomic E-state index is 8.98. The molecule has 0 heterocycles. The number of fused-ring (bicyclic) bond motifs is 1. The molecule has 2 rings (SSSR count). The molecule has 15 heavy (non-hydrogen) atoms. The van der Waals surface area contributed by atoms with Crippen LogP contribution in [0.15, 0.2) is 18.2 Å². The molecule has 1 aromatic carbocycles. The summed E-state index contributed by atoms with van der Waals surface area (Å²) in [5.74, 6) is 1.54. The molecule has 0 radical (unpaired) electrons. The Labute approximate surface area is 88.5 Å². The molecule has 0 bridgehead atoms. The second kappa shape index (κ2) is 3.66. The lowest BCUT2D eigenvalue weighted by atomic mass is 10.0. The molecular weight excluding hydrogens is 190 g/mol. The van der Waals surface area contributed by atoms with Crippen LogP contribution in [0, 0.1) is 11.3 Å². The van der Waals surface area contributed by atoms with Crippen LogP contribution in [-0.4, -0.2) is 14.2 Å². The molecule has 0 saturated heterocycles. The molecular formula is C12H11NO2. The third-order valence-corrected chi connectivity index (χ3v) is 2.57. The summed E-state index contributed by atoms with van der Waals surface area (Å²) in [6.07, 6.45) is 2.63. The molecule has 1 aliphatic rings. The number of methoxy groups -OCH3 is 2. The topological polar surface area (TPSA) is 42.2 Å². The van der Waals surface area contributed by atoms with Crippen LogP contribution in [0.2, 0.25) is 0 Å². The average Bonchev–Trinajstić information content (AvgIpc) is 2.71. The van der Waals surface area contributed by atoms with Gasteiger partial charge in [-0.2, -0.15) is 5.26 Å². The zero-order valence-corrected chi connectivity index (χ0v) is 8.70. The molecule has 0 atom stereocenters. The molecule has 0 fully saturated rings. The van der Waals surface area contributed by atoms with Crippen molar-refractivity contribution < 1.29 is 9.47 Å². The van der Waals surface area contributed by atoms with Crippen molar-refractivity contribution in [1.29, 1.82) is 5.26 Å². The monoisotopic (exact) mass is 201 g/mol. The normalized spacial score (nSPS) is 12.7. The fourth-order valence-electron chi connectivity index (χ4n) is 1.87. The van der Waals surface area contributed by atoms with Crippen LogP contribution in [0.25, 0.3) is 5.57 Å². The van der Waals surface area contributed by atoms with Gasteiger partial charge in [0.1, 0.15) is 11.5 Å². The smallest absolute Gasteiger partial charge is 0.127 e. The third-order valence-electron chi connectivity index (χ3n) is 2.57. The Hall–Kier alpha value is -1.95. The Kier molecular flexibility index (Phi) is 2.34. The van der Waals surface area contributed by atoms with Crippen molar-refractivity contribution in [2.45, 2.75) is 6.42 Å². The summed E-state index contributed by atoms with van der Waals surface area (Å²) < 4.78 is 10.5. The predicted molar refractivity (Wildman–Crippen MR) is 56.8 cm³/mol. The first kappa shape index (κ1) is 9.60. The highest BCUT2D eigenvalue weighted by atomic mass is 16.5. The van der Waals surface area contributed by atoms with Gasteiger partial charge in [-0.1, -0.05) is 6.08 Å². The van der Waals surface area contributed by atoms with E-state index in [4.69, 9.17) is 14.7 Å². The number of hydrogen-bond acceptors (Lipinski definition) is 3. The summed E-state index contributed by atoms with van der Waals surface area (Å²) in [6, 6.07) is 5.87. The van der Waals surface area contributed by atoms with Crippen LogP contribution in [0.5, 0.6) is 11.5 Å². The molecule has 0 saturated carbocycles. The first-order chi connectivity index (χ1) is 7.31. The number of benzene rings is 1. The number of nitrogens with zero attached hydrogens (tertiary/aromatic N) is 1. The van der Waals surface area contributed by atoms with Gasteiger partial charge in [-0.05, 0) is 18.6 Å². The quantitative estimate of drug-likeness (QED) is 0.736. The van der Waals surface area contributed by atoms with Crippen LogP contribution in [0.4, 0.5) is 0 Å².